The van der Waals surface area contributed by atoms with E-state index in [1.807, 2.05) is 23.6 Å². The van der Waals surface area contributed by atoms with Gasteiger partial charge in [-0.15, -0.1) is 11.3 Å². The molecule has 1 N–H and O–H groups in total. The molecule has 0 radical (unpaired) electrons. The molecule has 0 aliphatic carbocycles. The number of nitrogens with zero attached hydrogens (tertiary/aromatic N) is 4. The minimum atomic E-state index is -0.0822. The lowest BCUT2D eigenvalue weighted by Crippen LogP contribution is -2.47. The number of benzene rings is 1. The Labute approximate surface area is 194 Å². The predicted molar refractivity (Wildman–Crippen MR) is 121 cm³/mol. The van der Waals surface area contributed by atoms with E-state index in [-0.39, 0.29) is 18.4 Å². The van der Waals surface area contributed by atoms with Crippen LogP contribution in [-0.4, -0.2) is 58.1 Å². The van der Waals surface area contributed by atoms with Crippen LogP contribution in [0.5, 0.6) is 0 Å². The van der Waals surface area contributed by atoms with E-state index in [4.69, 9.17) is 27.9 Å². The van der Waals surface area contributed by atoms with E-state index >= 15 is 0 Å². The van der Waals surface area contributed by atoms with Gasteiger partial charge in [-0.05, 0) is 17.7 Å². The summed E-state index contributed by atoms with van der Waals surface area (Å²) in [5, 5.41) is 6.70. The molecular formula is C21H21Cl2N5O2S. The number of hydrogen-bond donors (Lipinski definition) is 1. The van der Waals surface area contributed by atoms with Crippen LogP contribution in [0, 0.1) is 0 Å². The summed E-state index contributed by atoms with van der Waals surface area (Å²) in [7, 11) is 0. The first-order chi connectivity index (χ1) is 15.1. The van der Waals surface area contributed by atoms with Crippen molar-refractivity contribution in [3.8, 4) is 10.7 Å². The fourth-order valence-corrected chi connectivity index (χ4v) is 4.41. The molecular weight excluding hydrogens is 457 g/mol. The lowest BCUT2D eigenvalue weighted by Gasteiger charge is -2.33. The van der Waals surface area contributed by atoms with Crippen molar-refractivity contribution in [1.82, 2.24) is 25.2 Å². The third-order valence-corrected chi connectivity index (χ3v) is 6.47. The van der Waals surface area contributed by atoms with Gasteiger partial charge < -0.3 is 10.1 Å². The van der Waals surface area contributed by atoms with Gasteiger partial charge in [0.05, 0.1) is 41.1 Å². The summed E-state index contributed by atoms with van der Waals surface area (Å²) in [5.41, 5.74) is 2.52. The number of ether oxygens (including phenoxy) is 1. The third-order valence-electron chi connectivity index (χ3n) is 4.82. The van der Waals surface area contributed by atoms with Crippen molar-refractivity contribution in [1.29, 1.82) is 0 Å². The quantitative estimate of drug-likeness (QED) is 0.560. The molecule has 10 heteroatoms. The van der Waals surface area contributed by atoms with Crippen molar-refractivity contribution in [2.24, 2.45) is 0 Å². The van der Waals surface area contributed by atoms with Crippen LogP contribution in [-0.2, 0) is 22.5 Å². The van der Waals surface area contributed by atoms with Crippen molar-refractivity contribution in [2.75, 3.05) is 26.2 Å². The average molecular weight is 478 g/mol. The summed E-state index contributed by atoms with van der Waals surface area (Å²) in [6.07, 6.45) is 5.05. The van der Waals surface area contributed by atoms with E-state index in [1.165, 1.54) is 11.3 Å². The summed E-state index contributed by atoms with van der Waals surface area (Å²) >= 11 is 13.6. The maximum absolute atomic E-state index is 12.4. The van der Waals surface area contributed by atoms with E-state index in [9.17, 15) is 4.79 Å². The Morgan fingerprint density at radius 2 is 2.19 bits per heavy atom. The molecule has 0 saturated carbocycles. The molecule has 162 valence electrons. The second-order valence-electron chi connectivity index (χ2n) is 7.19. The predicted octanol–water partition coefficient (Wildman–Crippen LogP) is 3.47. The van der Waals surface area contributed by atoms with Crippen LogP contribution in [0.2, 0.25) is 10.0 Å². The molecule has 1 saturated heterocycles. The third kappa shape index (κ3) is 6.21. The minimum absolute atomic E-state index is 0.0638. The molecule has 31 heavy (non-hydrogen) atoms. The van der Waals surface area contributed by atoms with Crippen LogP contribution in [0.1, 0.15) is 11.3 Å². The number of morpholine rings is 1. The molecule has 3 heterocycles. The number of carbonyl (C=O) groups is 1. The van der Waals surface area contributed by atoms with E-state index < -0.39 is 0 Å². The Bertz CT molecular complexity index is 1030. The molecule has 1 amide bonds. The van der Waals surface area contributed by atoms with Gasteiger partial charge in [-0.25, -0.2) is 4.98 Å². The highest BCUT2D eigenvalue weighted by Gasteiger charge is 2.21. The second-order valence-corrected chi connectivity index (χ2v) is 8.86. The van der Waals surface area contributed by atoms with Crippen LogP contribution >= 0.6 is 34.5 Å². The Hall–Kier alpha value is -2.10. The highest BCUT2D eigenvalue weighted by molar-refractivity contribution is 7.13. The molecule has 0 bridgehead atoms. The second kappa shape index (κ2) is 10.5. The fraction of sp³-hybridized carbons (Fsp3) is 0.333. The van der Waals surface area contributed by atoms with Crippen molar-refractivity contribution in [3.63, 3.8) is 0 Å². The molecule has 0 unspecified atom stereocenters. The lowest BCUT2D eigenvalue weighted by atomic mass is 10.2. The molecule has 1 aromatic carbocycles. The molecule has 1 atom stereocenters. The summed E-state index contributed by atoms with van der Waals surface area (Å²) in [4.78, 5) is 27.4. The van der Waals surface area contributed by atoms with E-state index in [1.54, 1.807) is 18.6 Å². The van der Waals surface area contributed by atoms with Gasteiger partial charge in [-0.1, -0.05) is 29.3 Å². The van der Waals surface area contributed by atoms with Crippen molar-refractivity contribution >= 4 is 40.4 Å². The van der Waals surface area contributed by atoms with Gasteiger partial charge in [0.1, 0.15) is 10.7 Å². The van der Waals surface area contributed by atoms with E-state index in [0.717, 1.165) is 30.2 Å². The van der Waals surface area contributed by atoms with Crippen LogP contribution in [0.4, 0.5) is 0 Å². The molecule has 3 aromatic rings. The summed E-state index contributed by atoms with van der Waals surface area (Å²) in [5.74, 6) is -0.0822. The first-order valence-corrected chi connectivity index (χ1v) is 11.5. The Balaban J connectivity index is 1.24. The fourth-order valence-electron chi connectivity index (χ4n) is 3.31. The van der Waals surface area contributed by atoms with Gasteiger partial charge >= 0.3 is 0 Å². The van der Waals surface area contributed by atoms with Crippen LogP contribution < -0.4 is 5.32 Å². The number of halogens is 2. The summed E-state index contributed by atoms with van der Waals surface area (Å²) < 4.78 is 5.82. The smallest absolute Gasteiger partial charge is 0.226 e. The minimum Gasteiger partial charge on any atom is -0.374 e. The number of amides is 1. The van der Waals surface area contributed by atoms with Gasteiger partial charge in [0.2, 0.25) is 5.91 Å². The number of thiazole rings is 1. The van der Waals surface area contributed by atoms with Crippen molar-refractivity contribution in [2.45, 2.75) is 19.1 Å². The number of carbonyl (C=O) groups excluding carboxylic acids is 1. The van der Waals surface area contributed by atoms with Crippen LogP contribution in [0.15, 0.2) is 42.2 Å². The number of nitrogens with one attached hydrogen (secondary N) is 1. The standard InChI is InChI=1S/C21H21Cl2N5O2S/c22-17-2-1-14(7-18(17)23)11-28-5-6-30-16(12-28)9-26-20(29)8-15-13-31-21(27-15)19-10-24-3-4-25-19/h1-4,7,10,13,16H,5-6,8-9,11-12H2,(H,26,29)/t16-/m1/s1. The number of rotatable bonds is 7. The van der Waals surface area contributed by atoms with Gasteiger partial charge in [-0.2, -0.15) is 0 Å². The highest BCUT2D eigenvalue weighted by Crippen LogP contribution is 2.24. The van der Waals surface area contributed by atoms with Gasteiger partial charge in [0.25, 0.3) is 0 Å². The van der Waals surface area contributed by atoms with Gasteiger partial charge in [-0.3, -0.25) is 19.7 Å². The molecule has 7 nitrogen and oxygen atoms in total. The Morgan fingerprint density at radius 3 is 3.00 bits per heavy atom. The maximum Gasteiger partial charge on any atom is 0.226 e. The molecule has 4 rings (SSSR count). The maximum atomic E-state index is 12.4. The monoisotopic (exact) mass is 477 g/mol. The first kappa shape index (κ1) is 22.1. The number of aromatic nitrogens is 3. The zero-order valence-corrected chi connectivity index (χ0v) is 19.0. The largest absolute Gasteiger partial charge is 0.374 e. The highest BCUT2D eigenvalue weighted by atomic mass is 35.5. The van der Waals surface area contributed by atoms with Crippen molar-refractivity contribution in [3.05, 3.63) is 63.5 Å². The SMILES string of the molecule is O=C(Cc1csc(-c2cnccn2)n1)NC[C@@H]1CN(Cc2ccc(Cl)c(Cl)c2)CCO1. The lowest BCUT2D eigenvalue weighted by molar-refractivity contribution is -0.121. The Kier molecular flexibility index (Phi) is 7.47. The van der Waals surface area contributed by atoms with Crippen LogP contribution in [0.25, 0.3) is 10.7 Å². The zero-order valence-electron chi connectivity index (χ0n) is 16.6. The molecule has 0 spiro atoms. The zero-order chi connectivity index (χ0) is 21.6. The molecule has 2 aromatic heterocycles. The summed E-state index contributed by atoms with van der Waals surface area (Å²) in [6.45, 7) is 3.39. The normalized spacial score (nSPS) is 16.9. The Morgan fingerprint density at radius 1 is 1.29 bits per heavy atom. The van der Waals surface area contributed by atoms with Gasteiger partial charge in [0.15, 0.2) is 0 Å². The first-order valence-electron chi connectivity index (χ1n) is 9.82. The van der Waals surface area contributed by atoms with Crippen LogP contribution in [0.3, 0.4) is 0 Å². The average Bonchev–Trinajstić information content (AvgIpc) is 3.24. The number of hydrogen-bond acceptors (Lipinski definition) is 7. The summed E-state index contributed by atoms with van der Waals surface area (Å²) in [6, 6.07) is 5.68. The molecule has 1 aliphatic rings. The van der Waals surface area contributed by atoms with Gasteiger partial charge in [0, 0.05) is 44.0 Å². The molecule has 1 fully saturated rings. The molecule has 1 aliphatic heterocycles. The van der Waals surface area contributed by atoms with E-state index in [2.05, 4.69) is 25.2 Å². The topological polar surface area (TPSA) is 80.2 Å². The van der Waals surface area contributed by atoms with Crippen molar-refractivity contribution < 1.29 is 9.53 Å². The van der Waals surface area contributed by atoms with E-state index in [0.29, 0.717) is 34.6 Å².